The summed E-state index contributed by atoms with van der Waals surface area (Å²) in [4.78, 5) is 35.4. The first-order valence-corrected chi connectivity index (χ1v) is 13.1. The van der Waals surface area contributed by atoms with Crippen molar-refractivity contribution in [2.24, 2.45) is 0 Å². The van der Waals surface area contributed by atoms with E-state index < -0.39 is 5.97 Å². The molecular weight excluding hydrogens is 534 g/mol. The van der Waals surface area contributed by atoms with E-state index in [4.69, 9.17) is 26.2 Å². The number of esters is 1. The average Bonchev–Trinajstić information content (AvgIpc) is 3.62. The van der Waals surface area contributed by atoms with E-state index in [-0.39, 0.29) is 11.5 Å². The third-order valence-corrected chi connectivity index (χ3v) is 6.03. The molecule has 12 heteroatoms. The van der Waals surface area contributed by atoms with E-state index in [1.54, 1.807) is 35.2 Å². The molecule has 5 rings (SSSR count). The molecule has 1 aliphatic rings. The van der Waals surface area contributed by atoms with E-state index in [0.29, 0.717) is 59.6 Å². The number of anilines is 1. The zero-order chi connectivity index (χ0) is 29.1. The van der Waals surface area contributed by atoms with Gasteiger partial charge in [0.2, 0.25) is 0 Å². The molecule has 1 fully saturated rings. The van der Waals surface area contributed by atoms with Gasteiger partial charge in [-0.3, -0.25) is 4.79 Å². The summed E-state index contributed by atoms with van der Waals surface area (Å²) < 4.78 is 10.7. The molecule has 0 atom stereocenters. The van der Waals surface area contributed by atoms with Crippen LogP contribution < -0.4 is 4.90 Å². The van der Waals surface area contributed by atoms with Crippen LogP contribution in [0.25, 0.3) is 16.8 Å². The van der Waals surface area contributed by atoms with Crippen LogP contribution in [0.2, 0.25) is 5.02 Å². The van der Waals surface area contributed by atoms with Crippen LogP contribution in [-0.2, 0) is 4.74 Å². The van der Waals surface area contributed by atoms with Crippen molar-refractivity contribution in [1.29, 1.82) is 5.41 Å². The number of nitrogens with zero attached hydrogens (tertiary/aromatic N) is 6. The molecule has 2 aromatic carbocycles. The number of hydrogen-bond donors (Lipinski definition) is 1. The highest BCUT2D eigenvalue weighted by atomic mass is 35.5. The van der Waals surface area contributed by atoms with Crippen LogP contribution in [0.3, 0.4) is 0 Å². The molecule has 2 aromatic heterocycles. The number of ether oxygens (including phenoxy) is 1. The number of nitrogens with one attached hydrogen (secondary N) is 1. The second-order valence-electron chi connectivity index (χ2n) is 8.19. The lowest BCUT2D eigenvalue weighted by molar-refractivity contribution is 0.0600. The summed E-state index contributed by atoms with van der Waals surface area (Å²) in [5.41, 5.74) is 2.44. The van der Waals surface area contributed by atoms with Gasteiger partial charge in [-0.05, 0) is 42.8 Å². The van der Waals surface area contributed by atoms with Crippen LogP contribution in [0.1, 0.15) is 41.0 Å². The zero-order valence-corrected chi connectivity index (χ0v) is 23.5. The maximum absolute atomic E-state index is 13.6. The van der Waals surface area contributed by atoms with E-state index in [9.17, 15) is 9.59 Å². The molecule has 0 saturated carbocycles. The molecule has 1 amide bonds. The zero-order valence-electron chi connectivity index (χ0n) is 22.7. The first-order valence-electron chi connectivity index (χ1n) is 12.8. The third kappa shape index (κ3) is 7.11. The Hall–Kier alpha value is -4.51. The molecule has 1 saturated heterocycles. The summed E-state index contributed by atoms with van der Waals surface area (Å²) in [5, 5.41) is 15.1. The standard InChI is InChI=1S/C23H21ClN6O4.C3H5N.C2H6/c1-33-22(32)15-3-5-19(30-25-7-8-26-30)17(13-15)21(31)28-9-2-10-29(12-11-28)23-27-18-14-16(24)4-6-20(18)34-23;1-2-3-4;1-2/h3-8,13-14H,2,9-12H2,1H3;2-4H,1H2;1-2H3. The normalized spacial score (nSPS) is 12.8. The quantitative estimate of drug-likeness (QED) is 0.263. The lowest BCUT2D eigenvalue weighted by Gasteiger charge is -2.22. The van der Waals surface area contributed by atoms with Crippen molar-refractivity contribution in [2.45, 2.75) is 20.3 Å². The van der Waals surface area contributed by atoms with Gasteiger partial charge in [0.25, 0.3) is 11.9 Å². The number of carbonyl (C=O) groups excluding carboxylic acids is 2. The Morgan fingerprint density at radius 3 is 2.48 bits per heavy atom. The maximum Gasteiger partial charge on any atom is 0.337 e. The Kier molecular flexibility index (Phi) is 11.0. The van der Waals surface area contributed by atoms with Crippen molar-refractivity contribution < 1.29 is 18.7 Å². The molecule has 1 aliphatic heterocycles. The molecular formula is C28H32ClN7O4. The van der Waals surface area contributed by atoms with E-state index in [1.807, 2.05) is 18.7 Å². The summed E-state index contributed by atoms with van der Waals surface area (Å²) >= 11 is 6.06. The van der Waals surface area contributed by atoms with Crippen molar-refractivity contribution in [3.63, 3.8) is 0 Å². The van der Waals surface area contributed by atoms with Gasteiger partial charge in [0.05, 0.1) is 36.3 Å². The fourth-order valence-corrected chi connectivity index (χ4v) is 4.14. The molecule has 11 nitrogen and oxygen atoms in total. The molecule has 0 radical (unpaired) electrons. The van der Waals surface area contributed by atoms with E-state index >= 15 is 0 Å². The fourth-order valence-electron chi connectivity index (χ4n) is 3.97. The average molecular weight is 566 g/mol. The van der Waals surface area contributed by atoms with E-state index in [0.717, 1.165) is 12.6 Å². The summed E-state index contributed by atoms with van der Waals surface area (Å²) in [6.45, 7) is 9.45. The minimum absolute atomic E-state index is 0.218. The minimum Gasteiger partial charge on any atom is -0.465 e. The molecule has 1 N–H and O–H groups in total. The Balaban J connectivity index is 0.000000677. The van der Waals surface area contributed by atoms with Crippen molar-refractivity contribution >= 4 is 46.8 Å². The number of aromatic nitrogens is 4. The molecule has 210 valence electrons. The largest absolute Gasteiger partial charge is 0.465 e. The summed E-state index contributed by atoms with van der Waals surface area (Å²) in [5.74, 6) is -0.739. The van der Waals surface area contributed by atoms with Crippen LogP contribution in [0.4, 0.5) is 6.01 Å². The number of allylic oxidation sites excluding steroid dienone is 1. The molecule has 0 bridgehead atoms. The minimum atomic E-state index is -0.521. The van der Waals surface area contributed by atoms with Crippen molar-refractivity contribution in [3.8, 4) is 5.69 Å². The molecule has 3 heterocycles. The number of carbonyl (C=O) groups is 2. The lowest BCUT2D eigenvalue weighted by Crippen LogP contribution is -2.36. The van der Waals surface area contributed by atoms with Crippen LogP contribution >= 0.6 is 11.6 Å². The highest BCUT2D eigenvalue weighted by Gasteiger charge is 2.26. The number of oxazole rings is 1. The molecule has 0 spiro atoms. The van der Waals surface area contributed by atoms with Gasteiger partial charge in [0.15, 0.2) is 5.58 Å². The highest BCUT2D eigenvalue weighted by molar-refractivity contribution is 6.31. The Bertz CT molecular complexity index is 1450. The fraction of sp³-hybridized carbons (Fsp3) is 0.286. The van der Waals surface area contributed by atoms with Gasteiger partial charge in [-0.1, -0.05) is 38.1 Å². The van der Waals surface area contributed by atoms with Crippen LogP contribution in [-0.4, -0.2) is 76.3 Å². The van der Waals surface area contributed by atoms with Gasteiger partial charge in [-0.25, -0.2) is 4.79 Å². The molecule has 0 aliphatic carbocycles. The molecule has 40 heavy (non-hydrogen) atoms. The van der Waals surface area contributed by atoms with Crippen LogP contribution in [0, 0.1) is 5.41 Å². The predicted octanol–water partition coefficient (Wildman–Crippen LogP) is 5.05. The summed E-state index contributed by atoms with van der Waals surface area (Å²) in [6.07, 6.45) is 6.33. The smallest absolute Gasteiger partial charge is 0.337 e. The Morgan fingerprint density at radius 1 is 1.07 bits per heavy atom. The number of rotatable bonds is 5. The van der Waals surface area contributed by atoms with E-state index in [1.165, 1.54) is 36.4 Å². The molecule has 4 aromatic rings. The Labute approximate surface area is 237 Å². The second kappa shape index (κ2) is 14.6. The van der Waals surface area contributed by atoms with Crippen LogP contribution in [0.5, 0.6) is 0 Å². The predicted molar refractivity (Wildman–Crippen MR) is 155 cm³/mol. The van der Waals surface area contributed by atoms with Gasteiger partial charge in [0.1, 0.15) is 5.52 Å². The van der Waals surface area contributed by atoms with Gasteiger partial charge in [0, 0.05) is 37.4 Å². The van der Waals surface area contributed by atoms with Gasteiger partial charge in [-0.15, -0.1) is 0 Å². The number of amides is 1. The van der Waals surface area contributed by atoms with Gasteiger partial charge in [-0.2, -0.15) is 20.0 Å². The number of hydrogen-bond acceptors (Lipinski definition) is 9. The monoisotopic (exact) mass is 565 g/mol. The van der Waals surface area contributed by atoms with Crippen molar-refractivity contribution in [2.75, 3.05) is 38.2 Å². The highest BCUT2D eigenvalue weighted by Crippen LogP contribution is 2.26. The topological polar surface area (TPSA) is 130 Å². The number of fused-ring (bicyclic) bond motifs is 1. The maximum atomic E-state index is 13.6. The SMILES string of the molecule is C=CC=N.CC.COC(=O)c1ccc(-n2nccn2)c(C(=O)N2CCCN(c3nc4cc(Cl)ccc4o3)CC2)c1. The van der Waals surface area contributed by atoms with Crippen LogP contribution in [0.15, 0.2) is 65.9 Å². The molecule has 0 unspecified atom stereocenters. The lowest BCUT2D eigenvalue weighted by atomic mass is 10.1. The van der Waals surface area contributed by atoms with Gasteiger partial charge >= 0.3 is 5.97 Å². The second-order valence-corrected chi connectivity index (χ2v) is 8.62. The third-order valence-electron chi connectivity index (χ3n) is 5.79. The summed E-state index contributed by atoms with van der Waals surface area (Å²) in [6, 6.07) is 10.6. The van der Waals surface area contributed by atoms with Crippen molar-refractivity contribution in [1.82, 2.24) is 24.9 Å². The summed E-state index contributed by atoms with van der Waals surface area (Å²) in [7, 11) is 1.30. The van der Waals surface area contributed by atoms with E-state index in [2.05, 4.69) is 21.8 Å². The van der Waals surface area contributed by atoms with Gasteiger partial charge < -0.3 is 24.4 Å². The van der Waals surface area contributed by atoms with Crippen molar-refractivity contribution in [3.05, 3.63) is 77.6 Å². The number of benzene rings is 2. The number of halogens is 1. The first kappa shape index (κ1) is 30.0. The number of methoxy groups -OCH3 is 1. The Morgan fingerprint density at radius 2 is 1.80 bits per heavy atom. The first-order chi connectivity index (χ1) is 19.4.